The first-order chi connectivity index (χ1) is 8.13. The fourth-order valence-corrected chi connectivity index (χ4v) is 1.86. The van der Waals surface area contributed by atoms with Gasteiger partial charge in [-0.25, -0.2) is 0 Å². The minimum atomic E-state index is 0.106. The number of hydrogen-bond acceptors (Lipinski definition) is 2. The SMILES string of the molecule is CCCC(C)NC(=O)CCc1ccccc1N. The van der Waals surface area contributed by atoms with Crippen LogP contribution in [0, 0.1) is 0 Å². The molecule has 0 aliphatic rings. The first-order valence-corrected chi connectivity index (χ1v) is 6.26. The Bertz CT molecular complexity index is 363. The molecule has 1 aromatic carbocycles. The van der Waals surface area contributed by atoms with Crippen molar-refractivity contribution < 1.29 is 4.79 Å². The lowest BCUT2D eigenvalue weighted by atomic mass is 10.1. The Hall–Kier alpha value is -1.51. The maximum Gasteiger partial charge on any atom is 0.220 e. The van der Waals surface area contributed by atoms with Crippen molar-refractivity contribution in [3.63, 3.8) is 0 Å². The smallest absolute Gasteiger partial charge is 0.220 e. The highest BCUT2D eigenvalue weighted by Crippen LogP contribution is 2.12. The Kier molecular flexibility index (Phi) is 5.53. The zero-order valence-corrected chi connectivity index (χ0v) is 10.7. The lowest BCUT2D eigenvalue weighted by molar-refractivity contribution is -0.121. The molecule has 94 valence electrons. The third-order valence-corrected chi connectivity index (χ3v) is 2.81. The summed E-state index contributed by atoms with van der Waals surface area (Å²) in [5.41, 5.74) is 7.64. The maximum atomic E-state index is 11.7. The fourth-order valence-electron chi connectivity index (χ4n) is 1.86. The number of hydrogen-bond donors (Lipinski definition) is 2. The van der Waals surface area contributed by atoms with E-state index in [0.717, 1.165) is 24.1 Å². The van der Waals surface area contributed by atoms with Crippen LogP contribution in [0.2, 0.25) is 0 Å². The molecule has 3 nitrogen and oxygen atoms in total. The van der Waals surface area contributed by atoms with Crippen molar-refractivity contribution in [3.05, 3.63) is 29.8 Å². The third-order valence-electron chi connectivity index (χ3n) is 2.81. The molecule has 0 aromatic heterocycles. The highest BCUT2D eigenvalue weighted by Gasteiger charge is 2.07. The number of para-hydroxylation sites is 1. The summed E-state index contributed by atoms with van der Waals surface area (Å²) >= 11 is 0. The molecule has 0 fully saturated rings. The molecule has 3 N–H and O–H groups in total. The fraction of sp³-hybridized carbons (Fsp3) is 0.500. The largest absolute Gasteiger partial charge is 0.399 e. The summed E-state index contributed by atoms with van der Waals surface area (Å²) in [6, 6.07) is 7.96. The van der Waals surface area contributed by atoms with E-state index >= 15 is 0 Å². The molecule has 17 heavy (non-hydrogen) atoms. The van der Waals surface area contributed by atoms with Crippen molar-refractivity contribution in [2.75, 3.05) is 5.73 Å². The highest BCUT2D eigenvalue weighted by atomic mass is 16.1. The normalized spacial score (nSPS) is 12.1. The standard InChI is InChI=1S/C14H22N2O/c1-3-6-11(2)16-14(17)10-9-12-7-4-5-8-13(12)15/h4-5,7-8,11H,3,6,9-10,15H2,1-2H3,(H,16,17). The second kappa shape index (κ2) is 6.94. The van der Waals surface area contributed by atoms with Gasteiger partial charge in [-0.1, -0.05) is 31.5 Å². The third kappa shape index (κ3) is 4.89. The van der Waals surface area contributed by atoms with Gasteiger partial charge < -0.3 is 11.1 Å². The first-order valence-electron chi connectivity index (χ1n) is 6.26. The van der Waals surface area contributed by atoms with Crippen molar-refractivity contribution in [2.24, 2.45) is 0 Å². The average molecular weight is 234 g/mol. The summed E-state index contributed by atoms with van der Waals surface area (Å²) in [6.45, 7) is 4.16. The van der Waals surface area contributed by atoms with Crippen LogP contribution in [0.15, 0.2) is 24.3 Å². The molecule has 1 rings (SSSR count). The number of nitrogens with two attached hydrogens (primary N) is 1. The Morgan fingerprint density at radius 2 is 2.12 bits per heavy atom. The Balaban J connectivity index is 2.36. The van der Waals surface area contributed by atoms with Crippen LogP contribution in [0.4, 0.5) is 5.69 Å². The summed E-state index contributed by atoms with van der Waals surface area (Å²) < 4.78 is 0. The van der Waals surface area contributed by atoms with E-state index in [1.165, 1.54) is 0 Å². The molecule has 1 amide bonds. The van der Waals surface area contributed by atoms with Crippen molar-refractivity contribution >= 4 is 11.6 Å². The zero-order chi connectivity index (χ0) is 12.7. The number of aryl methyl sites for hydroxylation is 1. The molecule has 0 spiro atoms. The number of carbonyl (C=O) groups is 1. The van der Waals surface area contributed by atoms with Crippen molar-refractivity contribution in [1.29, 1.82) is 0 Å². The first kappa shape index (κ1) is 13.6. The topological polar surface area (TPSA) is 55.1 Å². The van der Waals surface area contributed by atoms with Gasteiger partial charge in [0, 0.05) is 18.2 Å². The van der Waals surface area contributed by atoms with Gasteiger partial charge in [-0.15, -0.1) is 0 Å². The monoisotopic (exact) mass is 234 g/mol. The molecule has 0 radical (unpaired) electrons. The molecule has 0 aliphatic carbocycles. The molecule has 1 aromatic rings. The van der Waals surface area contributed by atoms with E-state index in [0.29, 0.717) is 12.8 Å². The molecular formula is C14H22N2O. The second-order valence-corrected chi connectivity index (χ2v) is 4.46. The second-order valence-electron chi connectivity index (χ2n) is 4.46. The number of anilines is 1. The number of nitrogen functional groups attached to an aromatic ring is 1. The van der Waals surface area contributed by atoms with E-state index in [9.17, 15) is 4.79 Å². The van der Waals surface area contributed by atoms with Gasteiger partial charge in [0.1, 0.15) is 0 Å². The van der Waals surface area contributed by atoms with Crippen LogP contribution >= 0.6 is 0 Å². The summed E-state index contributed by atoms with van der Waals surface area (Å²) in [5, 5.41) is 2.99. The van der Waals surface area contributed by atoms with Gasteiger partial charge in [0.25, 0.3) is 0 Å². The van der Waals surface area contributed by atoms with Crippen LogP contribution in [-0.4, -0.2) is 11.9 Å². The zero-order valence-electron chi connectivity index (χ0n) is 10.7. The quantitative estimate of drug-likeness (QED) is 0.743. The van der Waals surface area contributed by atoms with Gasteiger partial charge in [-0.05, 0) is 31.4 Å². The number of carbonyl (C=O) groups excluding carboxylic acids is 1. The number of benzene rings is 1. The van der Waals surface area contributed by atoms with Crippen molar-refractivity contribution in [3.8, 4) is 0 Å². The molecule has 0 heterocycles. The van der Waals surface area contributed by atoms with Gasteiger partial charge in [0.15, 0.2) is 0 Å². The lowest BCUT2D eigenvalue weighted by Gasteiger charge is -2.12. The summed E-state index contributed by atoms with van der Waals surface area (Å²) in [7, 11) is 0. The van der Waals surface area contributed by atoms with E-state index in [1.54, 1.807) is 0 Å². The molecule has 0 saturated carbocycles. The van der Waals surface area contributed by atoms with E-state index < -0.39 is 0 Å². The van der Waals surface area contributed by atoms with Crippen LogP contribution < -0.4 is 11.1 Å². The van der Waals surface area contributed by atoms with Gasteiger partial charge in [0.2, 0.25) is 5.91 Å². The van der Waals surface area contributed by atoms with Crippen LogP contribution in [0.1, 0.15) is 38.7 Å². The van der Waals surface area contributed by atoms with Gasteiger partial charge in [0.05, 0.1) is 0 Å². The van der Waals surface area contributed by atoms with Crippen molar-refractivity contribution in [2.45, 2.75) is 45.6 Å². The van der Waals surface area contributed by atoms with Gasteiger partial charge >= 0.3 is 0 Å². The Morgan fingerprint density at radius 1 is 1.41 bits per heavy atom. The Morgan fingerprint density at radius 3 is 2.76 bits per heavy atom. The number of amides is 1. The van der Waals surface area contributed by atoms with Crippen molar-refractivity contribution in [1.82, 2.24) is 5.32 Å². The molecule has 1 atom stereocenters. The number of rotatable bonds is 6. The minimum absolute atomic E-state index is 0.106. The molecule has 0 aliphatic heterocycles. The van der Waals surface area contributed by atoms with Crippen LogP contribution in [-0.2, 0) is 11.2 Å². The molecule has 3 heteroatoms. The predicted molar refractivity (Wildman–Crippen MR) is 71.7 cm³/mol. The molecule has 1 unspecified atom stereocenters. The molecule has 0 bridgehead atoms. The van der Waals surface area contributed by atoms with Crippen LogP contribution in [0.3, 0.4) is 0 Å². The van der Waals surface area contributed by atoms with Crippen LogP contribution in [0.25, 0.3) is 0 Å². The lowest BCUT2D eigenvalue weighted by Crippen LogP contribution is -2.32. The summed E-state index contributed by atoms with van der Waals surface area (Å²) in [4.78, 5) is 11.7. The van der Waals surface area contributed by atoms with E-state index in [1.807, 2.05) is 31.2 Å². The van der Waals surface area contributed by atoms with Gasteiger partial charge in [-0.2, -0.15) is 0 Å². The minimum Gasteiger partial charge on any atom is -0.399 e. The number of nitrogens with one attached hydrogen (secondary N) is 1. The van der Waals surface area contributed by atoms with Crippen LogP contribution in [0.5, 0.6) is 0 Å². The van der Waals surface area contributed by atoms with E-state index in [-0.39, 0.29) is 11.9 Å². The predicted octanol–water partition coefficient (Wildman–Crippen LogP) is 2.51. The Labute approximate surface area is 103 Å². The summed E-state index contributed by atoms with van der Waals surface area (Å²) in [5.74, 6) is 0.106. The molecular weight excluding hydrogens is 212 g/mol. The van der Waals surface area contributed by atoms with E-state index in [4.69, 9.17) is 5.73 Å². The van der Waals surface area contributed by atoms with Gasteiger partial charge in [-0.3, -0.25) is 4.79 Å². The maximum absolute atomic E-state index is 11.7. The highest BCUT2D eigenvalue weighted by molar-refractivity contribution is 5.76. The van der Waals surface area contributed by atoms with E-state index in [2.05, 4.69) is 12.2 Å². The average Bonchev–Trinajstić information content (AvgIpc) is 2.28. The molecule has 0 saturated heterocycles. The summed E-state index contributed by atoms with van der Waals surface area (Å²) in [6.07, 6.45) is 3.33.